The van der Waals surface area contributed by atoms with Crippen LogP contribution in [0.15, 0.2) is 29.2 Å². The summed E-state index contributed by atoms with van der Waals surface area (Å²) in [6.45, 7) is 3.96. The van der Waals surface area contributed by atoms with Gasteiger partial charge in [-0.2, -0.15) is 0 Å². The van der Waals surface area contributed by atoms with Gasteiger partial charge in [-0.05, 0) is 26.0 Å². The lowest BCUT2D eigenvalue weighted by Crippen LogP contribution is -2.27. The first-order valence-corrected chi connectivity index (χ1v) is 5.24. The van der Waals surface area contributed by atoms with Gasteiger partial charge in [-0.15, -0.1) is 0 Å². The van der Waals surface area contributed by atoms with Crippen LogP contribution in [0.4, 0.5) is 0 Å². The van der Waals surface area contributed by atoms with Gasteiger partial charge in [-0.3, -0.25) is 4.79 Å². The molecule has 1 aromatic heterocycles. The fraction of sp³-hybridized carbons (Fsp3) is 0.545. The molecule has 0 radical (unpaired) electrons. The molecule has 1 heterocycles. The first kappa shape index (κ1) is 11.9. The standard InChI is InChI=1S/C11H18N2O2/c1-10(14)5-6-12-7-9-13-8-3-2-4-11(13)15/h2-4,8,10,12,14H,5-7,9H2,1H3. The normalized spacial score (nSPS) is 12.7. The van der Waals surface area contributed by atoms with Gasteiger partial charge in [0.15, 0.2) is 0 Å². The van der Waals surface area contributed by atoms with Crippen molar-refractivity contribution in [1.29, 1.82) is 0 Å². The molecule has 1 rings (SSSR count). The molecule has 0 aliphatic carbocycles. The van der Waals surface area contributed by atoms with Crippen LogP contribution < -0.4 is 10.9 Å². The Hall–Kier alpha value is -1.13. The molecule has 15 heavy (non-hydrogen) atoms. The number of hydrogen-bond acceptors (Lipinski definition) is 3. The largest absolute Gasteiger partial charge is 0.393 e. The molecule has 0 aromatic carbocycles. The maximum atomic E-state index is 11.3. The van der Waals surface area contributed by atoms with Gasteiger partial charge in [0.05, 0.1) is 6.10 Å². The Balaban J connectivity index is 2.21. The Morgan fingerprint density at radius 1 is 1.47 bits per heavy atom. The number of nitrogens with one attached hydrogen (secondary N) is 1. The predicted octanol–water partition coefficient (Wildman–Crippen LogP) is 0.209. The summed E-state index contributed by atoms with van der Waals surface area (Å²) in [5.41, 5.74) is 0.0230. The molecule has 0 saturated heterocycles. The van der Waals surface area contributed by atoms with E-state index < -0.39 is 0 Å². The highest BCUT2D eigenvalue weighted by Gasteiger charge is 1.95. The van der Waals surface area contributed by atoms with Crippen LogP contribution in [0.2, 0.25) is 0 Å². The second-order valence-corrected chi connectivity index (χ2v) is 3.62. The van der Waals surface area contributed by atoms with E-state index in [0.29, 0.717) is 6.54 Å². The van der Waals surface area contributed by atoms with E-state index in [0.717, 1.165) is 19.5 Å². The van der Waals surface area contributed by atoms with Gasteiger partial charge in [-0.1, -0.05) is 6.07 Å². The Morgan fingerprint density at radius 2 is 2.27 bits per heavy atom. The van der Waals surface area contributed by atoms with Gasteiger partial charge in [0.1, 0.15) is 0 Å². The second-order valence-electron chi connectivity index (χ2n) is 3.62. The highest BCUT2D eigenvalue weighted by molar-refractivity contribution is 4.93. The minimum Gasteiger partial charge on any atom is -0.393 e. The van der Waals surface area contributed by atoms with Crippen molar-refractivity contribution in [2.45, 2.75) is 26.0 Å². The molecule has 4 heteroatoms. The van der Waals surface area contributed by atoms with Crippen molar-refractivity contribution in [1.82, 2.24) is 9.88 Å². The van der Waals surface area contributed by atoms with Crippen LogP contribution >= 0.6 is 0 Å². The monoisotopic (exact) mass is 210 g/mol. The van der Waals surface area contributed by atoms with Gasteiger partial charge in [0.2, 0.25) is 0 Å². The molecule has 0 spiro atoms. The third-order valence-corrected chi connectivity index (χ3v) is 2.17. The molecule has 0 amide bonds. The highest BCUT2D eigenvalue weighted by atomic mass is 16.3. The first-order chi connectivity index (χ1) is 7.20. The van der Waals surface area contributed by atoms with E-state index in [1.807, 2.05) is 6.07 Å². The lowest BCUT2D eigenvalue weighted by atomic mass is 10.3. The minimum atomic E-state index is -0.267. The van der Waals surface area contributed by atoms with E-state index in [-0.39, 0.29) is 11.7 Å². The van der Waals surface area contributed by atoms with Crippen LogP contribution in [-0.2, 0) is 6.54 Å². The quantitative estimate of drug-likeness (QED) is 0.660. The van der Waals surface area contributed by atoms with E-state index in [4.69, 9.17) is 5.11 Å². The molecule has 2 N–H and O–H groups in total. The van der Waals surface area contributed by atoms with Crippen LogP contribution in [0, 0.1) is 0 Å². The summed E-state index contributed by atoms with van der Waals surface area (Å²) in [5, 5.41) is 12.2. The smallest absolute Gasteiger partial charge is 0.250 e. The molecule has 0 aliphatic rings. The van der Waals surface area contributed by atoms with Gasteiger partial charge in [0, 0.05) is 25.4 Å². The lowest BCUT2D eigenvalue weighted by Gasteiger charge is -2.07. The molecule has 0 fully saturated rings. The van der Waals surface area contributed by atoms with E-state index in [9.17, 15) is 4.79 Å². The molecule has 0 saturated carbocycles. The molecule has 0 bridgehead atoms. The molecular weight excluding hydrogens is 192 g/mol. The Labute approximate surface area is 89.6 Å². The molecule has 84 valence electrons. The van der Waals surface area contributed by atoms with Crippen molar-refractivity contribution >= 4 is 0 Å². The molecule has 1 aromatic rings. The van der Waals surface area contributed by atoms with Gasteiger partial charge in [0.25, 0.3) is 5.56 Å². The average molecular weight is 210 g/mol. The van der Waals surface area contributed by atoms with Gasteiger partial charge in [-0.25, -0.2) is 0 Å². The number of nitrogens with zero attached hydrogens (tertiary/aromatic N) is 1. The summed E-state index contributed by atoms with van der Waals surface area (Å²) < 4.78 is 1.66. The number of aliphatic hydroxyl groups excluding tert-OH is 1. The molecule has 1 unspecified atom stereocenters. The van der Waals surface area contributed by atoms with Crippen molar-refractivity contribution in [3.8, 4) is 0 Å². The van der Waals surface area contributed by atoms with Crippen molar-refractivity contribution < 1.29 is 5.11 Å². The number of aliphatic hydroxyl groups is 1. The number of pyridine rings is 1. The van der Waals surface area contributed by atoms with Gasteiger partial charge < -0.3 is 15.0 Å². The maximum Gasteiger partial charge on any atom is 0.250 e. The molecular formula is C11H18N2O2. The highest BCUT2D eigenvalue weighted by Crippen LogP contribution is 1.86. The Morgan fingerprint density at radius 3 is 2.93 bits per heavy atom. The zero-order valence-electron chi connectivity index (χ0n) is 9.02. The minimum absolute atomic E-state index is 0.0230. The molecule has 4 nitrogen and oxygen atoms in total. The van der Waals surface area contributed by atoms with Crippen LogP contribution in [0.1, 0.15) is 13.3 Å². The maximum absolute atomic E-state index is 11.3. The lowest BCUT2D eigenvalue weighted by molar-refractivity contribution is 0.183. The zero-order valence-corrected chi connectivity index (χ0v) is 9.02. The number of aromatic nitrogens is 1. The predicted molar refractivity (Wildman–Crippen MR) is 59.9 cm³/mol. The van der Waals surface area contributed by atoms with Crippen LogP contribution in [0.5, 0.6) is 0 Å². The summed E-state index contributed by atoms with van der Waals surface area (Å²) in [4.78, 5) is 11.3. The fourth-order valence-electron chi connectivity index (χ4n) is 1.28. The Kier molecular flexibility index (Phi) is 5.07. The van der Waals surface area contributed by atoms with Crippen molar-refractivity contribution in [3.05, 3.63) is 34.7 Å². The number of rotatable bonds is 6. The van der Waals surface area contributed by atoms with Gasteiger partial charge >= 0.3 is 0 Å². The van der Waals surface area contributed by atoms with E-state index >= 15 is 0 Å². The van der Waals surface area contributed by atoms with E-state index in [1.165, 1.54) is 0 Å². The molecule has 1 atom stereocenters. The average Bonchev–Trinajstić information content (AvgIpc) is 2.20. The zero-order chi connectivity index (χ0) is 11.1. The number of hydrogen-bond donors (Lipinski definition) is 2. The summed E-state index contributed by atoms with van der Waals surface area (Å²) in [7, 11) is 0. The van der Waals surface area contributed by atoms with E-state index in [1.54, 1.807) is 29.8 Å². The van der Waals surface area contributed by atoms with Crippen LogP contribution in [-0.4, -0.2) is 28.9 Å². The SMILES string of the molecule is CC(O)CCNCCn1ccccc1=O. The third-order valence-electron chi connectivity index (χ3n) is 2.17. The second kappa shape index (κ2) is 6.37. The Bertz CT molecular complexity index is 333. The summed E-state index contributed by atoms with van der Waals surface area (Å²) in [6, 6.07) is 5.13. The third kappa shape index (κ3) is 4.76. The summed E-state index contributed by atoms with van der Waals surface area (Å²) in [5.74, 6) is 0. The van der Waals surface area contributed by atoms with Crippen LogP contribution in [0.3, 0.4) is 0 Å². The molecule has 0 aliphatic heterocycles. The summed E-state index contributed by atoms with van der Waals surface area (Å²) in [6.07, 6.45) is 2.25. The van der Waals surface area contributed by atoms with Crippen molar-refractivity contribution in [3.63, 3.8) is 0 Å². The fourth-order valence-corrected chi connectivity index (χ4v) is 1.28. The van der Waals surface area contributed by atoms with Crippen LogP contribution in [0.25, 0.3) is 0 Å². The van der Waals surface area contributed by atoms with E-state index in [2.05, 4.69) is 5.32 Å². The topological polar surface area (TPSA) is 54.3 Å². The van der Waals surface area contributed by atoms with Crippen molar-refractivity contribution in [2.24, 2.45) is 0 Å². The van der Waals surface area contributed by atoms with Crippen molar-refractivity contribution in [2.75, 3.05) is 13.1 Å². The summed E-state index contributed by atoms with van der Waals surface area (Å²) >= 11 is 0. The first-order valence-electron chi connectivity index (χ1n) is 5.24.